The molecule has 1 aromatic carbocycles. The van der Waals surface area contributed by atoms with Crippen molar-refractivity contribution in [2.45, 2.75) is 31.7 Å². The van der Waals surface area contributed by atoms with E-state index in [4.69, 9.17) is 23.8 Å². The SMILES string of the molecule is Fc1ccc(NC(=S)N[C@@H]2C[C@H]3CC[C@@H]2C3)cc1Cl. The fourth-order valence-electron chi connectivity index (χ4n) is 3.33. The summed E-state index contributed by atoms with van der Waals surface area (Å²) in [5.41, 5.74) is 0.715. The summed E-state index contributed by atoms with van der Waals surface area (Å²) >= 11 is 11.0. The van der Waals surface area contributed by atoms with Crippen LogP contribution < -0.4 is 10.6 Å². The van der Waals surface area contributed by atoms with Gasteiger partial charge in [0.2, 0.25) is 0 Å². The zero-order valence-corrected chi connectivity index (χ0v) is 12.0. The van der Waals surface area contributed by atoms with Gasteiger partial charge >= 0.3 is 0 Å². The summed E-state index contributed by atoms with van der Waals surface area (Å²) < 4.78 is 13.1. The lowest BCUT2D eigenvalue weighted by atomic mass is 9.96. The quantitative estimate of drug-likeness (QED) is 0.808. The van der Waals surface area contributed by atoms with Crippen LogP contribution in [0, 0.1) is 17.7 Å². The van der Waals surface area contributed by atoms with Crippen LogP contribution in [0.25, 0.3) is 0 Å². The molecule has 2 fully saturated rings. The third-order valence-electron chi connectivity index (χ3n) is 4.23. The Labute approximate surface area is 122 Å². The molecule has 0 spiro atoms. The number of fused-ring (bicyclic) bond motifs is 2. The van der Waals surface area contributed by atoms with E-state index in [1.807, 2.05) is 0 Å². The fourth-order valence-corrected chi connectivity index (χ4v) is 3.78. The van der Waals surface area contributed by atoms with Gasteiger partial charge in [0.05, 0.1) is 5.02 Å². The van der Waals surface area contributed by atoms with E-state index in [0.29, 0.717) is 16.8 Å². The molecule has 2 N–H and O–H groups in total. The molecule has 5 heteroatoms. The molecule has 2 bridgehead atoms. The zero-order valence-electron chi connectivity index (χ0n) is 10.5. The molecule has 2 nitrogen and oxygen atoms in total. The van der Waals surface area contributed by atoms with Gasteiger partial charge in [-0.05, 0) is 61.5 Å². The second-order valence-electron chi connectivity index (χ2n) is 5.51. The van der Waals surface area contributed by atoms with E-state index in [-0.39, 0.29) is 5.02 Å². The van der Waals surface area contributed by atoms with Gasteiger partial charge in [0.1, 0.15) is 5.82 Å². The number of rotatable bonds is 2. The Kier molecular flexibility index (Phi) is 3.63. The highest BCUT2D eigenvalue weighted by atomic mass is 35.5. The minimum absolute atomic E-state index is 0.104. The first-order valence-corrected chi connectivity index (χ1v) is 7.43. The highest BCUT2D eigenvalue weighted by Crippen LogP contribution is 2.44. The van der Waals surface area contributed by atoms with Gasteiger partial charge in [-0.25, -0.2) is 4.39 Å². The van der Waals surface area contributed by atoms with Crippen molar-refractivity contribution in [2.24, 2.45) is 11.8 Å². The van der Waals surface area contributed by atoms with E-state index >= 15 is 0 Å². The van der Waals surface area contributed by atoms with Gasteiger partial charge in [0, 0.05) is 11.7 Å². The van der Waals surface area contributed by atoms with E-state index in [1.165, 1.54) is 31.7 Å². The predicted molar refractivity (Wildman–Crippen MR) is 80.0 cm³/mol. The fraction of sp³-hybridized carbons (Fsp3) is 0.500. The van der Waals surface area contributed by atoms with Gasteiger partial charge in [-0.15, -0.1) is 0 Å². The number of hydrogen-bond acceptors (Lipinski definition) is 1. The molecule has 102 valence electrons. The largest absolute Gasteiger partial charge is 0.359 e. The van der Waals surface area contributed by atoms with E-state index in [1.54, 1.807) is 12.1 Å². The number of nitrogens with one attached hydrogen (secondary N) is 2. The Morgan fingerprint density at radius 3 is 2.79 bits per heavy atom. The molecular formula is C14H16ClFN2S. The van der Waals surface area contributed by atoms with Crippen LogP contribution in [-0.2, 0) is 0 Å². The Morgan fingerprint density at radius 2 is 2.16 bits per heavy atom. The van der Waals surface area contributed by atoms with Crippen molar-refractivity contribution in [3.8, 4) is 0 Å². The molecular weight excluding hydrogens is 283 g/mol. The highest BCUT2D eigenvalue weighted by Gasteiger charge is 2.39. The Hall–Kier alpha value is -0.870. The smallest absolute Gasteiger partial charge is 0.171 e. The Balaban J connectivity index is 1.57. The molecule has 2 saturated carbocycles. The van der Waals surface area contributed by atoms with Gasteiger partial charge in [-0.2, -0.15) is 0 Å². The molecule has 2 aliphatic carbocycles. The Bertz CT molecular complexity index is 508. The normalized spacial score (nSPS) is 28.4. The summed E-state index contributed by atoms with van der Waals surface area (Å²) in [6, 6.07) is 5.02. The molecule has 0 aromatic heterocycles. The molecule has 0 amide bonds. The van der Waals surface area contributed by atoms with Gasteiger partial charge in [0.15, 0.2) is 5.11 Å². The van der Waals surface area contributed by atoms with Crippen LogP contribution in [0.1, 0.15) is 25.7 Å². The van der Waals surface area contributed by atoms with E-state index in [9.17, 15) is 4.39 Å². The summed E-state index contributed by atoms with van der Waals surface area (Å²) in [5, 5.41) is 7.14. The summed E-state index contributed by atoms with van der Waals surface area (Å²) in [6.07, 6.45) is 5.24. The van der Waals surface area contributed by atoms with Crippen LogP contribution in [0.4, 0.5) is 10.1 Å². The third kappa shape index (κ3) is 2.84. The summed E-state index contributed by atoms with van der Waals surface area (Å²) in [6.45, 7) is 0. The van der Waals surface area contributed by atoms with Gasteiger partial charge in [0.25, 0.3) is 0 Å². The minimum atomic E-state index is -0.417. The second kappa shape index (κ2) is 5.25. The van der Waals surface area contributed by atoms with E-state index in [2.05, 4.69) is 10.6 Å². The number of benzene rings is 1. The van der Waals surface area contributed by atoms with Crippen molar-refractivity contribution in [2.75, 3.05) is 5.32 Å². The van der Waals surface area contributed by atoms with Crippen molar-refractivity contribution < 1.29 is 4.39 Å². The lowest BCUT2D eigenvalue weighted by Crippen LogP contribution is -2.40. The van der Waals surface area contributed by atoms with Crippen molar-refractivity contribution in [1.82, 2.24) is 5.32 Å². The number of halogens is 2. The topological polar surface area (TPSA) is 24.1 Å². The van der Waals surface area contributed by atoms with Crippen molar-refractivity contribution in [3.05, 3.63) is 29.0 Å². The zero-order chi connectivity index (χ0) is 13.4. The first-order chi connectivity index (χ1) is 9.11. The van der Waals surface area contributed by atoms with Crippen molar-refractivity contribution in [1.29, 1.82) is 0 Å². The third-order valence-corrected chi connectivity index (χ3v) is 4.74. The summed E-state index contributed by atoms with van der Waals surface area (Å²) in [4.78, 5) is 0. The van der Waals surface area contributed by atoms with Gasteiger partial charge in [-0.3, -0.25) is 0 Å². The minimum Gasteiger partial charge on any atom is -0.359 e. The molecule has 0 aliphatic heterocycles. The predicted octanol–water partition coefficient (Wildman–Crippen LogP) is 3.95. The number of anilines is 1. The van der Waals surface area contributed by atoms with E-state index < -0.39 is 5.82 Å². The first-order valence-electron chi connectivity index (χ1n) is 6.64. The van der Waals surface area contributed by atoms with Crippen LogP contribution >= 0.6 is 23.8 Å². The van der Waals surface area contributed by atoms with Crippen molar-refractivity contribution >= 4 is 34.6 Å². The first kappa shape index (κ1) is 13.1. The molecule has 3 atom stereocenters. The molecule has 0 unspecified atom stereocenters. The summed E-state index contributed by atoms with van der Waals surface area (Å²) in [7, 11) is 0. The average Bonchev–Trinajstić information content (AvgIpc) is 2.96. The second-order valence-corrected chi connectivity index (χ2v) is 6.32. The highest BCUT2D eigenvalue weighted by molar-refractivity contribution is 7.80. The van der Waals surface area contributed by atoms with Crippen LogP contribution in [0.3, 0.4) is 0 Å². The molecule has 0 heterocycles. The monoisotopic (exact) mass is 298 g/mol. The molecule has 19 heavy (non-hydrogen) atoms. The van der Waals surface area contributed by atoms with Gasteiger partial charge < -0.3 is 10.6 Å². The molecule has 0 radical (unpaired) electrons. The molecule has 2 aliphatic rings. The van der Waals surface area contributed by atoms with Crippen LogP contribution in [0.2, 0.25) is 5.02 Å². The standard InChI is InChI=1S/C14H16ClFN2S/c15-11-7-10(3-4-12(11)16)17-14(19)18-13-6-8-1-2-9(13)5-8/h3-4,7-9,13H,1-2,5-6H2,(H2,17,18,19)/t8-,9+,13+/m0/s1. The lowest BCUT2D eigenvalue weighted by Gasteiger charge is -2.24. The number of thiocarbonyl (C=S) groups is 1. The maximum atomic E-state index is 13.1. The summed E-state index contributed by atoms with van der Waals surface area (Å²) in [5.74, 6) is 1.23. The molecule has 1 aromatic rings. The maximum Gasteiger partial charge on any atom is 0.171 e. The van der Waals surface area contributed by atoms with Crippen LogP contribution in [0.5, 0.6) is 0 Å². The van der Waals surface area contributed by atoms with Gasteiger partial charge in [-0.1, -0.05) is 18.0 Å². The molecule has 3 rings (SSSR count). The molecule has 0 saturated heterocycles. The Morgan fingerprint density at radius 1 is 1.32 bits per heavy atom. The lowest BCUT2D eigenvalue weighted by molar-refractivity contribution is 0.392. The van der Waals surface area contributed by atoms with Crippen LogP contribution in [-0.4, -0.2) is 11.2 Å². The van der Waals surface area contributed by atoms with Crippen molar-refractivity contribution in [3.63, 3.8) is 0 Å². The van der Waals surface area contributed by atoms with Crippen LogP contribution in [0.15, 0.2) is 18.2 Å². The van der Waals surface area contributed by atoms with E-state index in [0.717, 1.165) is 11.8 Å². The number of hydrogen-bond donors (Lipinski definition) is 2. The maximum absolute atomic E-state index is 13.1. The average molecular weight is 299 g/mol.